The lowest BCUT2D eigenvalue weighted by atomic mass is 9.97. The van der Waals surface area contributed by atoms with E-state index >= 15 is 0 Å². The smallest absolute Gasteiger partial charge is 0.222 e. The molecule has 1 fully saturated rings. The minimum Gasteiger partial charge on any atom is -0.340 e. The van der Waals surface area contributed by atoms with Gasteiger partial charge in [0.2, 0.25) is 5.91 Å². The van der Waals surface area contributed by atoms with Gasteiger partial charge >= 0.3 is 0 Å². The van der Waals surface area contributed by atoms with Crippen molar-refractivity contribution in [1.29, 1.82) is 0 Å². The van der Waals surface area contributed by atoms with Crippen LogP contribution in [0.3, 0.4) is 0 Å². The summed E-state index contributed by atoms with van der Waals surface area (Å²) in [7, 11) is 0. The largest absolute Gasteiger partial charge is 0.340 e. The molecule has 0 aromatic carbocycles. The highest BCUT2D eigenvalue weighted by atomic mass is 16.2. The summed E-state index contributed by atoms with van der Waals surface area (Å²) in [5.41, 5.74) is 0. The Hall–Kier alpha value is -0.530. The van der Waals surface area contributed by atoms with Crippen molar-refractivity contribution in [3.63, 3.8) is 0 Å². The van der Waals surface area contributed by atoms with Crippen molar-refractivity contribution in [1.82, 2.24) is 4.90 Å². The highest BCUT2D eigenvalue weighted by Gasteiger charge is 2.31. The van der Waals surface area contributed by atoms with E-state index in [1.807, 2.05) is 0 Å². The van der Waals surface area contributed by atoms with Gasteiger partial charge < -0.3 is 4.90 Å². The third-order valence-corrected chi connectivity index (χ3v) is 3.69. The van der Waals surface area contributed by atoms with Gasteiger partial charge in [-0.25, -0.2) is 0 Å². The zero-order chi connectivity index (χ0) is 12.0. The molecular formula is C14H27NO. The third kappa shape index (κ3) is 4.15. The molecule has 0 aromatic rings. The lowest BCUT2D eigenvalue weighted by Gasteiger charge is -2.22. The first-order valence-electron chi connectivity index (χ1n) is 7.02. The highest BCUT2D eigenvalue weighted by molar-refractivity contribution is 5.76. The maximum atomic E-state index is 12.1. The van der Waals surface area contributed by atoms with Gasteiger partial charge in [0.05, 0.1) is 0 Å². The first-order chi connectivity index (χ1) is 7.72. The summed E-state index contributed by atoms with van der Waals surface area (Å²) >= 11 is 0. The van der Waals surface area contributed by atoms with Crippen LogP contribution in [0.2, 0.25) is 0 Å². The summed E-state index contributed by atoms with van der Waals surface area (Å²) in [5, 5.41) is 0. The first-order valence-corrected chi connectivity index (χ1v) is 7.02. The van der Waals surface area contributed by atoms with Crippen LogP contribution in [-0.2, 0) is 4.79 Å². The molecule has 0 radical (unpaired) electrons. The number of amides is 1. The molecule has 16 heavy (non-hydrogen) atoms. The summed E-state index contributed by atoms with van der Waals surface area (Å²) in [6.07, 6.45) is 7.82. The lowest BCUT2D eigenvalue weighted by Crippen LogP contribution is -2.33. The average molecular weight is 225 g/mol. The molecule has 0 aromatic heterocycles. The SMILES string of the molecule is CCCN(C(=O)CCC(CC)CC)C1CC1. The zero-order valence-corrected chi connectivity index (χ0v) is 11.2. The average Bonchev–Trinajstić information content (AvgIpc) is 3.11. The molecule has 1 rings (SSSR count). The van der Waals surface area contributed by atoms with E-state index in [0.29, 0.717) is 11.9 Å². The van der Waals surface area contributed by atoms with Gasteiger partial charge in [-0.2, -0.15) is 0 Å². The van der Waals surface area contributed by atoms with Crippen LogP contribution in [0.25, 0.3) is 0 Å². The van der Waals surface area contributed by atoms with Crippen LogP contribution < -0.4 is 0 Å². The molecule has 0 N–H and O–H groups in total. The molecule has 0 heterocycles. The molecule has 1 aliphatic rings. The molecule has 2 nitrogen and oxygen atoms in total. The molecule has 0 spiro atoms. The monoisotopic (exact) mass is 225 g/mol. The van der Waals surface area contributed by atoms with Crippen molar-refractivity contribution in [2.45, 2.75) is 71.8 Å². The van der Waals surface area contributed by atoms with Crippen molar-refractivity contribution < 1.29 is 4.79 Å². The Morgan fingerprint density at radius 3 is 2.31 bits per heavy atom. The van der Waals surface area contributed by atoms with Gasteiger partial charge in [0, 0.05) is 19.0 Å². The Bertz CT molecular complexity index is 207. The number of carbonyl (C=O) groups is 1. The molecule has 1 saturated carbocycles. The minimum atomic E-state index is 0.399. The predicted octanol–water partition coefficient (Wildman–Crippen LogP) is 3.60. The molecule has 0 atom stereocenters. The molecular weight excluding hydrogens is 198 g/mol. The van der Waals surface area contributed by atoms with Crippen LogP contribution in [0, 0.1) is 5.92 Å². The van der Waals surface area contributed by atoms with Gasteiger partial charge in [-0.15, -0.1) is 0 Å². The molecule has 0 unspecified atom stereocenters. The van der Waals surface area contributed by atoms with Crippen molar-refractivity contribution in [2.24, 2.45) is 5.92 Å². The van der Waals surface area contributed by atoms with Gasteiger partial charge in [-0.1, -0.05) is 33.6 Å². The van der Waals surface area contributed by atoms with E-state index in [1.54, 1.807) is 0 Å². The number of hydrogen-bond donors (Lipinski definition) is 0. The predicted molar refractivity (Wildman–Crippen MR) is 68.3 cm³/mol. The maximum Gasteiger partial charge on any atom is 0.222 e. The van der Waals surface area contributed by atoms with E-state index < -0.39 is 0 Å². The summed E-state index contributed by atoms with van der Waals surface area (Å²) < 4.78 is 0. The molecule has 0 saturated heterocycles. The Labute approximate surface area is 100 Å². The van der Waals surface area contributed by atoms with Crippen molar-refractivity contribution in [3.05, 3.63) is 0 Å². The second-order valence-corrected chi connectivity index (χ2v) is 5.04. The summed E-state index contributed by atoms with van der Waals surface area (Å²) in [5.74, 6) is 1.14. The van der Waals surface area contributed by atoms with Crippen LogP contribution in [0.15, 0.2) is 0 Å². The lowest BCUT2D eigenvalue weighted by molar-refractivity contribution is -0.132. The summed E-state index contributed by atoms with van der Waals surface area (Å²) in [6.45, 7) is 7.57. The molecule has 1 aliphatic carbocycles. The molecule has 0 bridgehead atoms. The quantitative estimate of drug-likeness (QED) is 0.618. The second kappa shape index (κ2) is 6.93. The van der Waals surface area contributed by atoms with Crippen LogP contribution in [-0.4, -0.2) is 23.4 Å². The number of nitrogens with zero attached hydrogens (tertiary/aromatic N) is 1. The summed E-state index contributed by atoms with van der Waals surface area (Å²) in [4.78, 5) is 14.2. The zero-order valence-electron chi connectivity index (χ0n) is 11.2. The van der Waals surface area contributed by atoms with Crippen LogP contribution in [0.1, 0.15) is 65.7 Å². The molecule has 0 aliphatic heterocycles. The van der Waals surface area contributed by atoms with Crippen molar-refractivity contribution in [2.75, 3.05) is 6.54 Å². The molecule has 2 heteroatoms. The third-order valence-electron chi connectivity index (χ3n) is 3.69. The Morgan fingerprint density at radius 1 is 1.25 bits per heavy atom. The highest BCUT2D eigenvalue weighted by Crippen LogP contribution is 2.28. The van der Waals surface area contributed by atoms with E-state index in [1.165, 1.54) is 25.7 Å². The van der Waals surface area contributed by atoms with E-state index in [-0.39, 0.29) is 0 Å². The number of rotatable bonds is 8. The standard InChI is InChI=1S/C14H27NO/c1-4-11-15(13-8-9-13)14(16)10-7-12(5-2)6-3/h12-13H,4-11H2,1-3H3. The van der Waals surface area contributed by atoms with Gasteiger partial charge in [0.25, 0.3) is 0 Å². The Morgan fingerprint density at radius 2 is 1.88 bits per heavy atom. The first kappa shape index (κ1) is 13.5. The van der Waals surface area contributed by atoms with Crippen molar-refractivity contribution >= 4 is 5.91 Å². The summed E-state index contributed by atoms with van der Waals surface area (Å²) in [6, 6.07) is 0.592. The van der Waals surface area contributed by atoms with Crippen molar-refractivity contribution in [3.8, 4) is 0 Å². The van der Waals surface area contributed by atoms with E-state index in [0.717, 1.165) is 31.7 Å². The maximum absolute atomic E-state index is 12.1. The van der Waals surface area contributed by atoms with Gasteiger partial charge in [0.1, 0.15) is 0 Å². The fourth-order valence-electron chi connectivity index (χ4n) is 2.31. The molecule has 1 amide bonds. The van der Waals surface area contributed by atoms with E-state index in [2.05, 4.69) is 25.7 Å². The van der Waals surface area contributed by atoms with Gasteiger partial charge in [0.15, 0.2) is 0 Å². The fourth-order valence-corrected chi connectivity index (χ4v) is 2.31. The topological polar surface area (TPSA) is 20.3 Å². The Kier molecular flexibility index (Phi) is 5.86. The minimum absolute atomic E-state index is 0.399. The van der Waals surface area contributed by atoms with E-state index in [4.69, 9.17) is 0 Å². The Balaban J connectivity index is 2.30. The second-order valence-electron chi connectivity index (χ2n) is 5.04. The van der Waals surface area contributed by atoms with Crippen LogP contribution >= 0.6 is 0 Å². The normalized spacial score (nSPS) is 15.5. The number of carbonyl (C=O) groups excluding carboxylic acids is 1. The van der Waals surface area contributed by atoms with E-state index in [9.17, 15) is 4.79 Å². The van der Waals surface area contributed by atoms with Gasteiger partial charge in [-0.05, 0) is 31.6 Å². The van der Waals surface area contributed by atoms with Crippen LogP contribution in [0.4, 0.5) is 0 Å². The van der Waals surface area contributed by atoms with Gasteiger partial charge in [-0.3, -0.25) is 4.79 Å². The van der Waals surface area contributed by atoms with Crippen LogP contribution in [0.5, 0.6) is 0 Å². The molecule has 94 valence electrons. The number of hydrogen-bond acceptors (Lipinski definition) is 1. The fraction of sp³-hybridized carbons (Fsp3) is 0.929.